The smallest absolute Gasteiger partial charge is 0.177 e. The van der Waals surface area contributed by atoms with Crippen molar-refractivity contribution in [2.45, 2.75) is 13.5 Å². The quantitative estimate of drug-likeness (QED) is 0.679. The lowest BCUT2D eigenvalue weighted by Gasteiger charge is -2.02. The predicted octanol–water partition coefficient (Wildman–Crippen LogP) is -0.106. The number of hydrogen-bond donors (Lipinski definition) is 1. The van der Waals surface area contributed by atoms with E-state index in [0.29, 0.717) is 24.6 Å². The van der Waals surface area contributed by atoms with E-state index in [1.807, 2.05) is 12.1 Å². The summed E-state index contributed by atoms with van der Waals surface area (Å²) in [6.45, 7) is 2.69. The molecule has 0 radical (unpaired) electrons. The summed E-state index contributed by atoms with van der Waals surface area (Å²) in [5.74, 6) is 0.651. The van der Waals surface area contributed by atoms with Crippen LogP contribution < -0.4 is 5.73 Å². The molecule has 0 fully saturated rings. The summed E-state index contributed by atoms with van der Waals surface area (Å²) in [5, 5.41) is 17.4. The first kappa shape index (κ1) is 9.24. The number of rotatable bonds is 2. The van der Waals surface area contributed by atoms with Crippen LogP contribution in [0.4, 0.5) is 0 Å². The molecule has 0 aliphatic rings. The van der Waals surface area contributed by atoms with E-state index in [4.69, 9.17) is 16.3 Å². The van der Waals surface area contributed by atoms with E-state index < -0.39 is 0 Å². The first-order valence-corrected chi connectivity index (χ1v) is 3.82. The fraction of sp³-hybridized carbons (Fsp3) is 0.375. The second kappa shape index (κ2) is 3.70. The molecule has 13 heavy (non-hydrogen) atoms. The molecule has 0 aliphatic heterocycles. The summed E-state index contributed by atoms with van der Waals surface area (Å²) in [4.78, 5) is 3.94. The molecular formula is C8H9N5. The van der Waals surface area contributed by atoms with Crippen molar-refractivity contribution in [2.24, 2.45) is 5.73 Å². The van der Waals surface area contributed by atoms with Crippen molar-refractivity contribution in [3.8, 4) is 12.1 Å². The van der Waals surface area contributed by atoms with Gasteiger partial charge in [0.25, 0.3) is 0 Å². The lowest BCUT2D eigenvalue weighted by Crippen LogP contribution is -2.12. The van der Waals surface area contributed by atoms with Gasteiger partial charge in [-0.15, -0.1) is 0 Å². The summed E-state index contributed by atoms with van der Waals surface area (Å²) in [5.41, 5.74) is 5.83. The molecule has 66 valence electrons. The second-order valence-corrected chi connectivity index (χ2v) is 2.52. The van der Waals surface area contributed by atoms with Crippen LogP contribution >= 0.6 is 0 Å². The Morgan fingerprint density at radius 3 is 2.62 bits per heavy atom. The van der Waals surface area contributed by atoms with E-state index in [1.54, 1.807) is 11.5 Å². The van der Waals surface area contributed by atoms with Gasteiger partial charge in [-0.25, -0.2) is 4.98 Å². The molecule has 5 nitrogen and oxygen atoms in total. The number of nitrogens with two attached hydrogens (primary N) is 1. The Morgan fingerprint density at radius 1 is 1.46 bits per heavy atom. The largest absolute Gasteiger partial charge is 0.329 e. The summed E-state index contributed by atoms with van der Waals surface area (Å²) >= 11 is 0. The molecule has 2 N–H and O–H groups in total. The highest BCUT2D eigenvalue weighted by Crippen LogP contribution is 2.08. The van der Waals surface area contributed by atoms with Gasteiger partial charge in [0.05, 0.1) is 0 Å². The predicted molar refractivity (Wildman–Crippen MR) is 45.4 cm³/mol. The first-order valence-electron chi connectivity index (χ1n) is 3.82. The number of hydrogen-bond acceptors (Lipinski definition) is 4. The highest BCUT2D eigenvalue weighted by molar-refractivity contribution is 5.37. The number of nitrogens with zero attached hydrogens (tertiary/aromatic N) is 4. The van der Waals surface area contributed by atoms with Gasteiger partial charge in [-0.3, -0.25) is 0 Å². The SMILES string of the molecule is Cc1nc(C#N)c(C#N)n1CCN. The molecule has 0 aliphatic carbocycles. The van der Waals surface area contributed by atoms with Crippen LogP contribution in [0.5, 0.6) is 0 Å². The molecule has 1 aromatic heterocycles. The van der Waals surface area contributed by atoms with Gasteiger partial charge in [0.1, 0.15) is 18.0 Å². The third kappa shape index (κ3) is 1.51. The van der Waals surface area contributed by atoms with Crippen LogP contribution in [0.25, 0.3) is 0 Å². The van der Waals surface area contributed by atoms with Gasteiger partial charge >= 0.3 is 0 Å². The zero-order chi connectivity index (χ0) is 9.84. The normalized spacial score (nSPS) is 9.23. The molecular weight excluding hydrogens is 166 g/mol. The van der Waals surface area contributed by atoms with Crippen molar-refractivity contribution in [1.82, 2.24) is 9.55 Å². The Hall–Kier alpha value is -1.85. The number of aryl methyl sites for hydroxylation is 1. The number of imidazole rings is 1. The van der Waals surface area contributed by atoms with Crippen LogP contribution in [0.2, 0.25) is 0 Å². The Bertz CT molecular complexity index is 390. The van der Waals surface area contributed by atoms with Crippen molar-refractivity contribution >= 4 is 0 Å². The average molecular weight is 175 g/mol. The van der Waals surface area contributed by atoms with Crippen molar-refractivity contribution in [3.63, 3.8) is 0 Å². The van der Waals surface area contributed by atoms with Crippen molar-refractivity contribution < 1.29 is 0 Å². The third-order valence-electron chi connectivity index (χ3n) is 1.72. The third-order valence-corrected chi connectivity index (χ3v) is 1.72. The molecule has 0 saturated heterocycles. The summed E-state index contributed by atoms with van der Waals surface area (Å²) in [6, 6.07) is 3.81. The molecule has 5 heteroatoms. The van der Waals surface area contributed by atoms with Gasteiger partial charge < -0.3 is 10.3 Å². The van der Waals surface area contributed by atoms with E-state index in [-0.39, 0.29) is 5.69 Å². The molecule has 0 atom stereocenters. The van der Waals surface area contributed by atoms with E-state index in [9.17, 15) is 0 Å². The lowest BCUT2D eigenvalue weighted by atomic mass is 10.3. The molecule has 0 bridgehead atoms. The Labute approximate surface area is 76.0 Å². The highest BCUT2D eigenvalue weighted by Gasteiger charge is 2.12. The molecule has 1 aromatic rings. The Balaban J connectivity index is 3.27. The molecule has 0 unspecified atom stereocenters. The van der Waals surface area contributed by atoms with Crippen molar-refractivity contribution in [2.75, 3.05) is 6.54 Å². The van der Waals surface area contributed by atoms with Gasteiger partial charge in [-0.2, -0.15) is 10.5 Å². The van der Waals surface area contributed by atoms with Crippen LogP contribution in [0.3, 0.4) is 0 Å². The summed E-state index contributed by atoms with van der Waals surface area (Å²) in [6.07, 6.45) is 0. The molecule has 0 saturated carbocycles. The van der Waals surface area contributed by atoms with Gasteiger partial charge in [0, 0.05) is 13.1 Å². The second-order valence-electron chi connectivity index (χ2n) is 2.52. The van der Waals surface area contributed by atoms with Crippen LogP contribution in [0.1, 0.15) is 17.2 Å². The van der Waals surface area contributed by atoms with Crippen molar-refractivity contribution in [3.05, 3.63) is 17.2 Å². The van der Waals surface area contributed by atoms with Gasteiger partial charge in [-0.05, 0) is 6.92 Å². The minimum Gasteiger partial charge on any atom is -0.329 e. The maximum atomic E-state index is 8.77. The Morgan fingerprint density at radius 2 is 2.15 bits per heavy atom. The fourth-order valence-electron chi connectivity index (χ4n) is 1.16. The summed E-state index contributed by atoms with van der Waals surface area (Å²) < 4.78 is 1.65. The molecule has 0 amide bonds. The standard InChI is InChI=1S/C8H9N5/c1-6-12-7(4-10)8(5-11)13(6)3-2-9/h2-3,9H2,1H3. The van der Waals surface area contributed by atoms with Crippen LogP contribution in [0.15, 0.2) is 0 Å². The maximum absolute atomic E-state index is 8.77. The molecule has 0 spiro atoms. The summed E-state index contributed by atoms with van der Waals surface area (Å²) in [7, 11) is 0. The molecule has 1 rings (SSSR count). The van der Waals surface area contributed by atoms with Gasteiger partial charge in [0.15, 0.2) is 11.4 Å². The number of aromatic nitrogens is 2. The zero-order valence-electron chi connectivity index (χ0n) is 7.28. The van der Waals surface area contributed by atoms with E-state index in [0.717, 1.165) is 0 Å². The van der Waals surface area contributed by atoms with Gasteiger partial charge in [-0.1, -0.05) is 0 Å². The fourth-order valence-corrected chi connectivity index (χ4v) is 1.16. The van der Waals surface area contributed by atoms with E-state index >= 15 is 0 Å². The van der Waals surface area contributed by atoms with Gasteiger partial charge in [0.2, 0.25) is 0 Å². The van der Waals surface area contributed by atoms with Crippen molar-refractivity contribution in [1.29, 1.82) is 10.5 Å². The van der Waals surface area contributed by atoms with Crippen LogP contribution in [-0.4, -0.2) is 16.1 Å². The maximum Gasteiger partial charge on any atom is 0.177 e. The van der Waals surface area contributed by atoms with E-state index in [1.165, 1.54) is 0 Å². The Kier molecular flexibility index (Phi) is 2.63. The monoisotopic (exact) mass is 175 g/mol. The topological polar surface area (TPSA) is 91.4 Å². The minimum atomic E-state index is 0.174. The number of nitriles is 2. The first-order chi connectivity index (χ1) is 6.24. The average Bonchev–Trinajstić information content (AvgIpc) is 2.44. The minimum absolute atomic E-state index is 0.174. The van der Waals surface area contributed by atoms with Crippen LogP contribution in [0, 0.1) is 29.6 Å². The lowest BCUT2D eigenvalue weighted by molar-refractivity contribution is 0.677. The van der Waals surface area contributed by atoms with E-state index in [2.05, 4.69) is 4.98 Å². The zero-order valence-corrected chi connectivity index (χ0v) is 7.28. The highest BCUT2D eigenvalue weighted by atomic mass is 15.1. The van der Waals surface area contributed by atoms with Crippen LogP contribution in [-0.2, 0) is 6.54 Å². The molecule has 0 aromatic carbocycles. The molecule has 1 heterocycles.